The van der Waals surface area contributed by atoms with Crippen molar-refractivity contribution in [3.63, 3.8) is 0 Å². The van der Waals surface area contributed by atoms with Gasteiger partial charge in [0, 0.05) is 43.4 Å². The van der Waals surface area contributed by atoms with Gasteiger partial charge in [-0.3, -0.25) is 8.97 Å². The topological polar surface area (TPSA) is 40.0 Å². The highest BCUT2D eigenvalue weighted by Crippen LogP contribution is 2.43. The van der Waals surface area contributed by atoms with Crippen molar-refractivity contribution in [3.05, 3.63) is 176 Å². The molecule has 55 heavy (non-hydrogen) atoms. The van der Waals surface area contributed by atoms with Gasteiger partial charge in [-0.2, -0.15) is 0 Å². The number of nitrogens with zero attached hydrogens (tertiary/aromatic N) is 5. The summed E-state index contributed by atoms with van der Waals surface area (Å²) in [7, 11) is 0. The number of rotatable bonds is 2. The summed E-state index contributed by atoms with van der Waals surface area (Å²) in [4.78, 5) is 10.6. The summed E-state index contributed by atoms with van der Waals surface area (Å²) in [5.41, 5.74) is 9.55. The lowest BCUT2D eigenvalue weighted by atomic mass is 10.0. The molecule has 254 valence electrons. The second kappa shape index (κ2) is 10.6. The highest BCUT2D eigenvalue weighted by atomic mass is 15.2. The molecular formula is C50H29N5. The van der Waals surface area contributed by atoms with E-state index in [1.807, 2.05) is 0 Å². The second-order valence-corrected chi connectivity index (χ2v) is 14.6. The zero-order chi connectivity index (χ0) is 35.8. The number of benzene rings is 9. The second-order valence-electron chi connectivity index (χ2n) is 14.6. The van der Waals surface area contributed by atoms with Crippen LogP contribution in [0, 0.1) is 0 Å². The fourth-order valence-corrected chi connectivity index (χ4v) is 9.41. The van der Waals surface area contributed by atoms with E-state index < -0.39 is 0 Å². The van der Waals surface area contributed by atoms with Crippen LogP contribution < -0.4 is 0 Å². The van der Waals surface area contributed by atoms with Gasteiger partial charge in [0.1, 0.15) is 5.65 Å². The van der Waals surface area contributed by atoms with Crippen molar-refractivity contribution in [2.45, 2.75) is 0 Å². The minimum absolute atomic E-state index is 0.819. The SMILES string of the molecule is c1ccc2c(c1)ccc1c2c2cc(-n3c4c5ccccc5ccc4c4ccc5ccccc5c43)ccc2n1-c1nc2ccccc2c2nc3ccccc3n12. The highest BCUT2D eigenvalue weighted by molar-refractivity contribution is 6.25. The van der Waals surface area contributed by atoms with Crippen molar-refractivity contribution in [2.24, 2.45) is 0 Å². The molecule has 0 spiro atoms. The first-order valence-electron chi connectivity index (χ1n) is 18.8. The minimum atomic E-state index is 0.819. The Labute approximate surface area is 313 Å². The fraction of sp³-hybridized carbons (Fsp3) is 0. The van der Waals surface area contributed by atoms with Crippen LogP contribution in [-0.2, 0) is 0 Å². The molecule has 0 aliphatic carbocycles. The fourth-order valence-electron chi connectivity index (χ4n) is 9.41. The molecule has 5 nitrogen and oxygen atoms in total. The molecule has 0 radical (unpaired) electrons. The first kappa shape index (κ1) is 29.0. The van der Waals surface area contributed by atoms with Gasteiger partial charge in [-0.05, 0) is 70.1 Å². The van der Waals surface area contributed by atoms with Crippen LogP contribution in [0.2, 0.25) is 0 Å². The summed E-state index contributed by atoms with van der Waals surface area (Å²) in [5, 5.41) is 13.3. The predicted octanol–water partition coefficient (Wildman–Crippen LogP) is 12.7. The lowest BCUT2D eigenvalue weighted by Crippen LogP contribution is -2.06. The van der Waals surface area contributed by atoms with Crippen molar-refractivity contribution in [1.29, 1.82) is 0 Å². The summed E-state index contributed by atoms with van der Waals surface area (Å²) >= 11 is 0. The van der Waals surface area contributed by atoms with Gasteiger partial charge >= 0.3 is 0 Å². The molecule has 0 amide bonds. The van der Waals surface area contributed by atoms with E-state index in [1.54, 1.807) is 0 Å². The molecule has 0 saturated heterocycles. The van der Waals surface area contributed by atoms with Crippen LogP contribution in [0.15, 0.2) is 176 Å². The Kier molecular flexibility index (Phi) is 5.57. The van der Waals surface area contributed by atoms with Crippen LogP contribution in [0.1, 0.15) is 0 Å². The van der Waals surface area contributed by atoms with Crippen LogP contribution in [0.3, 0.4) is 0 Å². The van der Waals surface area contributed by atoms with Gasteiger partial charge in [-0.1, -0.05) is 127 Å². The number of hydrogen-bond acceptors (Lipinski definition) is 2. The molecule has 0 aliphatic heterocycles. The third kappa shape index (κ3) is 3.81. The summed E-state index contributed by atoms with van der Waals surface area (Å²) in [6.07, 6.45) is 0. The van der Waals surface area contributed by atoms with Crippen LogP contribution >= 0.6 is 0 Å². The third-order valence-corrected chi connectivity index (χ3v) is 11.8. The van der Waals surface area contributed by atoms with Gasteiger partial charge in [-0.25, -0.2) is 9.97 Å². The van der Waals surface area contributed by atoms with Crippen molar-refractivity contribution in [3.8, 4) is 11.6 Å². The van der Waals surface area contributed by atoms with Crippen LogP contribution in [0.5, 0.6) is 0 Å². The summed E-state index contributed by atoms with van der Waals surface area (Å²) < 4.78 is 7.11. The Morgan fingerprint density at radius 3 is 1.64 bits per heavy atom. The standard InChI is InChI=1S/C50H29N5/c1-4-14-34-30(11-1)23-27-45-46(34)40-29-33(53-47-35-15-5-2-12-31(35)21-25-37(47)38-26-22-32-13-3-6-16-36(32)48(38)53)24-28-43(40)54(45)50-52-41-18-8-7-17-39(41)49-51-42-19-9-10-20-44(42)55(49)50/h1-29H. The average molecular weight is 700 g/mol. The predicted molar refractivity (Wildman–Crippen MR) is 229 cm³/mol. The Bertz CT molecular complexity index is 3690. The van der Waals surface area contributed by atoms with Crippen molar-refractivity contribution in [1.82, 2.24) is 23.5 Å². The first-order chi connectivity index (χ1) is 27.3. The van der Waals surface area contributed by atoms with Crippen LogP contribution in [0.4, 0.5) is 0 Å². The summed E-state index contributed by atoms with van der Waals surface area (Å²) in [6, 6.07) is 63.6. The Morgan fingerprint density at radius 1 is 0.345 bits per heavy atom. The Hall–Kier alpha value is -7.50. The van der Waals surface area contributed by atoms with E-state index in [2.05, 4.69) is 189 Å². The molecule has 0 unspecified atom stereocenters. The maximum Gasteiger partial charge on any atom is 0.221 e. The quantitative estimate of drug-likeness (QED) is 0.180. The molecule has 0 atom stereocenters. The lowest BCUT2D eigenvalue weighted by Gasteiger charge is -2.14. The third-order valence-electron chi connectivity index (χ3n) is 11.8. The number of imidazole rings is 1. The average Bonchev–Trinajstić information content (AvgIpc) is 3.92. The van der Waals surface area contributed by atoms with E-state index in [4.69, 9.17) is 9.97 Å². The van der Waals surface area contributed by atoms with E-state index in [1.165, 1.54) is 64.9 Å². The van der Waals surface area contributed by atoms with E-state index in [0.717, 1.165) is 50.3 Å². The zero-order valence-electron chi connectivity index (χ0n) is 29.5. The number of aromatic nitrogens is 5. The van der Waals surface area contributed by atoms with Crippen molar-refractivity contribution < 1.29 is 0 Å². The smallest absolute Gasteiger partial charge is 0.221 e. The minimum Gasteiger partial charge on any atom is -0.308 e. The summed E-state index contributed by atoms with van der Waals surface area (Å²) in [6.45, 7) is 0. The number of fused-ring (bicyclic) bond motifs is 17. The maximum atomic E-state index is 5.45. The molecule has 13 aromatic rings. The maximum absolute atomic E-state index is 5.45. The molecule has 4 aromatic heterocycles. The Morgan fingerprint density at radius 2 is 0.909 bits per heavy atom. The first-order valence-corrected chi connectivity index (χ1v) is 18.8. The van der Waals surface area contributed by atoms with Gasteiger partial charge in [-0.15, -0.1) is 0 Å². The molecule has 0 saturated carbocycles. The number of para-hydroxylation sites is 3. The molecule has 9 aromatic carbocycles. The molecule has 5 heteroatoms. The molecule has 4 heterocycles. The van der Waals surface area contributed by atoms with Crippen molar-refractivity contribution in [2.75, 3.05) is 0 Å². The number of hydrogen-bond donors (Lipinski definition) is 0. The van der Waals surface area contributed by atoms with E-state index in [-0.39, 0.29) is 0 Å². The molecule has 0 bridgehead atoms. The normalized spacial score (nSPS) is 12.4. The molecule has 0 fully saturated rings. The van der Waals surface area contributed by atoms with Crippen LogP contribution in [0.25, 0.3) is 115 Å². The zero-order valence-corrected chi connectivity index (χ0v) is 29.5. The van der Waals surface area contributed by atoms with Gasteiger partial charge in [0.2, 0.25) is 5.95 Å². The van der Waals surface area contributed by atoms with Gasteiger partial charge in [0.25, 0.3) is 0 Å². The van der Waals surface area contributed by atoms with Gasteiger partial charge in [0.15, 0.2) is 0 Å². The molecule has 0 aliphatic rings. The van der Waals surface area contributed by atoms with Gasteiger partial charge < -0.3 is 4.57 Å². The monoisotopic (exact) mass is 699 g/mol. The molecule has 0 N–H and O–H groups in total. The van der Waals surface area contributed by atoms with E-state index in [9.17, 15) is 0 Å². The van der Waals surface area contributed by atoms with E-state index in [0.29, 0.717) is 0 Å². The van der Waals surface area contributed by atoms with E-state index >= 15 is 0 Å². The van der Waals surface area contributed by atoms with Crippen LogP contribution in [-0.4, -0.2) is 23.5 Å². The van der Waals surface area contributed by atoms with Gasteiger partial charge in [0.05, 0.1) is 38.6 Å². The summed E-state index contributed by atoms with van der Waals surface area (Å²) in [5.74, 6) is 0.819. The Balaban J connectivity index is 1.23. The molecular weight excluding hydrogens is 671 g/mol. The lowest BCUT2D eigenvalue weighted by molar-refractivity contribution is 0.979. The molecule has 13 rings (SSSR count). The largest absolute Gasteiger partial charge is 0.308 e. The van der Waals surface area contributed by atoms with Crippen molar-refractivity contribution >= 4 is 104 Å². The highest BCUT2D eigenvalue weighted by Gasteiger charge is 2.23.